The Hall–Kier alpha value is -3.44. The third kappa shape index (κ3) is 4.89. The van der Waals surface area contributed by atoms with Gasteiger partial charge in [-0.2, -0.15) is 0 Å². The molecule has 144 valence electrons. The molecule has 0 spiro atoms. The topological polar surface area (TPSA) is 48.4 Å². The standard InChI is InChI=1S/C24H19NO3S/c26-23(28-15-20-17-29-24(25-20)19-11-5-2-6-12-19)16-27-22-14-8-7-13-21(22)18-9-3-1-4-10-18/h1-14,17H,15-16H2. The summed E-state index contributed by atoms with van der Waals surface area (Å²) in [7, 11) is 0. The summed E-state index contributed by atoms with van der Waals surface area (Å²) in [6.45, 7) is -0.0224. The zero-order chi connectivity index (χ0) is 19.9. The van der Waals surface area contributed by atoms with E-state index in [0.717, 1.165) is 27.4 Å². The maximum Gasteiger partial charge on any atom is 0.344 e. The fraction of sp³-hybridized carbons (Fsp3) is 0.0833. The smallest absolute Gasteiger partial charge is 0.344 e. The number of para-hydroxylation sites is 1. The number of thiazole rings is 1. The lowest BCUT2D eigenvalue weighted by Crippen LogP contribution is -2.15. The van der Waals surface area contributed by atoms with Gasteiger partial charge in [-0.25, -0.2) is 9.78 Å². The second-order valence-corrected chi connectivity index (χ2v) is 7.18. The minimum atomic E-state index is -0.429. The van der Waals surface area contributed by atoms with E-state index in [0.29, 0.717) is 5.75 Å². The van der Waals surface area contributed by atoms with Crippen LogP contribution >= 0.6 is 11.3 Å². The van der Waals surface area contributed by atoms with E-state index in [9.17, 15) is 4.79 Å². The van der Waals surface area contributed by atoms with E-state index in [1.54, 1.807) is 0 Å². The van der Waals surface area contributed by atoms with Gasteiger partial charge in [0.05, 0.1) is 5.69 Å². The molecule has 5 heteroatoms. The third-order valence-electron chi connectivity index (χ3n) is 4.27. The highest BCUT2D eigenvalue weighted by molar-refractivity contribution is 7.13. The summed E-state index contributed by atoms with van der Waals surface area (Å²) in [5.74, 6) is 0.220. The van der Waals surface area contributed by atoms with Crippen LogP contribution in [-0.2, 0) is 16.1 Å². The summed E-state index contributed by atoms with van der Waals surface area (Å²) in [5, 5.41) is 2.81. The molecule has 0 unspecified atom stereocenters. The molecule has 0 aliphatic carbocycles. The lowest BCUT2D eigenvalue weighted by molar-refractivity contribution is -0.147. The number of aromatic nitrogens is 1. The quantitative estimate of drug-likeness (QED) is 0.378. The Bertz CT molecular complexity index is 1080. The van der Waals surface area contributed by atoms with Gasteiger partial charge >= 0.3 is 5.97 Å². The van der Waals surface area contributed by atoms with Crippen LogP contribution in [0.3, 0.4) is 0 Å². The summed E-state index contributed by atoms with van der Waals surface area (Å²) in [4.78, 5) is 16.7. The number of hydrogen-bond donors (Lipinski definition) is 0. The Morgan fingerprint density at radius 1 is 0.828 bits per heavy atom. The summed E-state index contributed by atoms with van der Waals surface area (Å²) >= 11 is 1.53. The number of benzene rings is 3. The van der Waals surface area contributed by atoms with Gasteiger partial charge in [0.1, 0.15) is 17.4 Å². The van der Waals surface area contributed by atoms with Crippen LogP contribution in [0.2, 0.25) is 0 Å². The summed E-state index contributed by atoms with van der Waals surface area (Å²) < 4.78 is 11.0. The molecule has 4 aromatic rings. The molecule has 1 heterocycles. The number of rotatable bonds is 7. The molecule has 0 amide bonds. The predicted molar refractivity (Wildman–Crippen MR) is 115 cm³/mol. The van der Waals surface area contributed by atoms with Crippen LogP contribution in [-0.4, -0.2) is 17.6 Å². The monoisotopic (exact) mass is 401 g/mol. The van der Waals surface area contributed by atoms with Crippen molar-refractivity contribution in [1.82, 2.24) is 4.98 Å². The highest BCUT2D eigenvalue weighted by Gasteiger charge is 2.11. The van der Waals surface area contributed by atoms with Crippen molar-refractivity contribution in [1.29, 1.82) is 0 Å². The molecule has 0 saturated heterocycles. The Balaban J connectivity index is 1.33. The number of carbonyl (C=O) groups is 1. The van der Waals surface area contributed by atoms with Crippen LogP contribution in [0.15, 0.2) is 90.3 Å². The second kappa shape index (κ2) is 9.17. The summed E-state index contributed by atoms with van der Waals surface area (Å²) in [5.41, 5.74) is 3.75. The third-order valence-corrected chi connectivity index (χ3v) is 5.21. The average molecular weight is 401 g/mol. The van der Waals surface area contributed by atoms with Crippen molar-refractivity contribution in [3.8, 4) is 27.4 Å². The van der Waals surface area contributed by atoms with Crippen molar-refractivity contribution in [2.45, 2.75) is 6.61 Å². The number of nitrogens with zero attached hydrogens (tertiary/aromatic N) is 1. The number of carbonyl (C=O) groups excluding carboxylic acids is 1. The van der Waals surface area contributed by atoms with Crippen molar-refractivity contribution in [2.75, 3.05) is 6.61 Å². The molecule has 3 aromatic carbocycles. The molecule has 4 nitrogen and oxygen atoms in total. The summed E-state index contributed by atoms with van der Waals surface area (Å²) in [6, 6.07) is 27.5. The molecule has 0 saturated carbocycles. The Morgan fingerprint density at radius 2 is 1.48 bits per heavy atom. The number of ether oxygens (including phenoxy) is 2. The highest BCUT2D eigenvalue weighted by Crippen LogP contribution is 2.29. The van der Waals surface area contributed by atoms with Crippen molar-refractivity contribution in [2.24, 2.45) is 0 Å². The molecule has 0 bridgehead atoms. The molecule has 0 atom stereocenters. The van der Waals surface area contributed by atoms with Gasteiger partial charge in [0.2, 0.25) is 0 Å². The lowest BCUT2D eigenvalue weighted by Gasteiger charge is -2.11. The molecule has 0 fully saturated rings. The largest absolute Gasteiger partial charge is 0.481 e. The number of hydrogen-bond acceptors (Lipinski definition) is 5. The van der Waals surface area contributed by atoms with E-state index in [1.807, 2.05) is 90.3 Å². The van der Waals surface area contributed by atoms with Crippen molar-refractivity contribution in [3.63, 3.8) is 0 Å². The molecular weight excluding hydrogens is 382 g/mol. The van der Waals surface area contributed by atoms with Crippen LogP contribution < -0.4 is 4.74 Å². The molecule has 1 aromatic heterocycles. The first-order chi connectivity index (χ1) is 14.3. The van der Waals surface area contributed by atoms with Crippen LogP contribution in [0, 0.1) is 0 Å². The van der Waals surface area contributed by atoms with E-state index in [1.165, 1.54) is 11.3 Å². The van der Waals surface area contributed by atoms with Crippen molar-refractivity contribution in [3.05, 3.63) is 96.0 Å². The highest BCUT2D eigenvalue weighted by atomic mass is 32.1. The van der Waals surface area contributed by atoms with Gasteiger partial charge in [-0.05, 0) is 11.6 Å². The average Bonchev–Trinajstić information content (AvgIpc) is 3.27. The van der Waals surface area contributed by atoms with Gasteiger partial charge in [0, 0.05) is 16.5 Å². The van der Waals surface area contributed by atoms with Crippen LogP contribution in [0.4, 0.5) is 0 Å². The Morgan fingerprint density at radius 3 is 2.24 bits per heavy atom. The number of esters is 1. The fourth-order valence-corrected chi connectivity index (χ4v) is 3.68. The molecular formula is C24H19NO3S. The zero-order valence-corrected chi connectivity index (χ0v) is 16.5. The van der Waals surface area contributed by atoms with Gasteiger partial charge in [-0.15, -0.1) is 11.3 Å². The predicted octanol–water partition coefficient (Wildman–Crippen LogP) is 5.60. The van der Waals surface area contributed by atoms with E-state index in [4.69, 9.17) is 9.47 Å². The zero-order valence-electron chi connectivity index (χ0n) is 15.7. The molecule has 29 heavy (non-hydrogen) atoms. The second-order valence-electron chi connectivity index (χ2n) is 6.32. The Labute approximate surface area is 173 Å². The van der Waals surface area contributed by atoms with Gasteiger partial charge in [-0.3, -0.25) is 0 Å². The maximum absolute atomic E-state index is 12.1. The molecule has 0 radical (unpaired) electrons. The van der Waals surface area contributed by atoms with Crippen LogP contribution in [0.1, 0.15) is 5.69 Å². The molecule has 0 aliphatic heterocycles. The van der Waals surface area contributed by atoms with E-state index < -0.39 is 5.97 Å². The normalized spacial score (nSPS) is 10.5. The first kappa shape index (κ1) is 18.9. The summed E-state index contributed by atoms with van der Waals surface area (Å²) in [6.07, 6.45) is 0. The molecule has 4 rings (SSSR count). The van der Waals surface area contributed by atoms with Gasteiger partial charge in [-0.1, -0.05) is 78.9 Å². The van der Waals surface area contributed by atoms with E-state index >= 15 is 0 Å². The first-order valence-electron chi connectivity index (χ1n) is 9.22. The SMILES string of the molecule is O=C(COc1ccccc1-c1ccccc1)OCc1csc(-c2ccccc2)n1. The fourth-order valence-electron chi connectivity index (χ4n) is 2.87. The van der Waals surface area contributed by atoms with Crippen LogP contribution in [0.5, 0.6) is 5.75 Å². The molecule has 0 aliphatic rings. The minimum Gasteiger partial charge on any atom is -0.481 e. The van der Waals surface area contributed by atoms with Crippen LogP contribution in [0.25, 0.3) is 21.7 Å². The van der Waals surface area contributed by atoms with Crippen molar-refractivity contribution >= 4 is 17.3 Å². The van der Waals surface area contributed by atoms with E-state index in [2.05, 4.69) is 4.98 Å². The molecule has 0 N–H and O–H groups in total. The maximum atomic E-state index is 12.1. The van der Waals surface area contributed by atoms with E-state index in [-0.39, 0.29) is 13.2 Å². The van der Waals surface area contributed by atoms with Gasteiger partial charge in [0.15, 0.2) is 6.61 Å². The van der Waals surface area contributed by atoms with Gasteiger partial charge < -0.3 is 9.47 Å². The Kier molecular flexibility index (Phi) is 5.98. The lowest BCUT2D eigenvalue weighted by atomic mass is 10.1. The van der Waals surface area contributed by atoms with Gasteiger partial charge in [0.25, 0.3) is 0 Å². The first-order valence-corrected chi connectivity index (χ1v) is 10.1. The minimum absolute atomic E-state index is 0.131. The van der Waals surface area contributed by atoms with Crippen molar-refractivity contribution < 1.29 is 14.3 Å².